The van der Waals surface area contributed by atoms with E-state index in [1.807, 2.05) is 12.1 Å². The standard InChI is InChI=1S/C18H29NO2/c1-4-11-18(21,12-5-2)17-10-6-8-16(14-17)9-7-13-19-15(3)20/h6,8,10,14,21H,4-5,7,9,11-13H2,1-3H3,(H,19,20). The van der Waals surface area contributed by atoms with Crippen LogP contribution in [-0.2, 0) is 16.8 Å². The molecular weight excluding hydrogens is 262 g/mol. The summed E-state index contributed by atoms with van der Waals surface area (Å²) in [5.74, 6) is 0.0176. The van der Waals surface area contributed by atoms with Crippen LogP contribution in [0.25, 0.3) is 0 Å². The first-order valence-electron chi connectivity index (χ1n) is 8.08. The van der Waals surface area contributed by atoms with Crippen LogP contribution in [0.3, 0.4) is 0 Å². The summed E-state index contributed by atoms with van der Waals surface area (Å²) in [4.78, 5) is 10.8. The second-order valence-corrected chi connectivity index (χ2v) is 5.82. The van der Waals surface area contributed by atoms with Crippen LogP contribution >= 0.6 is 0 Å². The number of benzene rings is 1. The van der Waals surface area contributed by atoms with E-state index in [4.69, 9.17) is 0 Å². The highest BCUT2D eigenvalue weighted by molar-refractivity contribution is 5.72. The van der Waals surface area contributed by atoms with Gasteiger partial charge < -0.3 is 10.4 Å². The van der Waals surface area contributed by atoms with Gasteiger partial charge in [0.05, 0.1) is 5.60 Å². The molecule has 0 radical (unpaired) electrons. The monoisotopic (exact) mass is 291 g/mol. The lowest BCUT2D eigenvalue weighted by molar-refractivity contribution is -0.118. The Labute approximate surface area is 128 Å². The van der Waals surface area contributed by atoms with Crippen LogP contribution in [-0.4, -0.2) is 17.6 Å². The number of hydrogen-bond donors (Lipinski definition) is 2. The molecule has 0 saturated carbocycles. The smallest absolute Gasteiger partial charge is 0.216 e. The molecular formula is C18H29NO2. The number of carbonyl (C=O) groups excluding carboxylic acids is 1. The van der Waals surface area contributed by atoms with Crippen LogP contribution < -0.4 is 5.32 Å². The lowest BCUT2D eigenvalue weighted by Gasteiger charge is -2.28. The van der Waals surface area contributed by atoms with E-state index in [-0.39, 0.29) is 5.91 Å². The van der Waals surface area contributed by atoms with Gasteiger partial charge in [0.2, 0.25) is 5.91 Å². The third-order valence-electron chi connectivity index (χ3n) is 3.81. The van der Waals surface area contributed by atoms with Crippen LogP contribution in [0, 0.1) is 0 Å². The summed E-state index contributed by atoms with van der Waals surface area (Å²) >= 11 is 0. The number of aryl methyl sites for hydroxylation is 1. The van der Waals surface area contributed by atoms with Crippen molar-refractivity contribution in [3.8, 4) is 0 Å². The van der Waals surface area contributed by atoms with Gasteiger partial charge in [-0.3, -0.25) is 4.79 Å². The van der Waals surface area contributed by atoms with E-state index in [0.29, 0.717) is 6.54 Å². The van der Waals surface area contributed by atoms with Crippen molar-refractivity contribution < 1.29 is 9.90 Å². The molecule has 0 atom stereocenters. The molecule has 0 unspecified atom stereocenters. The van der Waals surface area contributed by atoms with Crippen LogP contribution in [0.4, 0.5) is 0 Å². The van der Waals surface area contributed by atoms with Crippen LogP contribution in [0.1, 0.15) is 64.0 Å². The lowest BCUT2D eigenvalue weighted by Crippen LogP contribution is -2.25. The third kappa shape index (κ3) is 5.88. The zero-order valence-corrected chi connectivity index (χ0v) is 13.6. The normalized spacial score (nSPS) is 11.4. The maximum atomic E-state index is 10.9. The summed E-state index contributed by atoms with van der Waals surface area (Å²) < 4.78 is 0. The van der Waals surface area contributed by atoms with E-state index in [0.717, 1.165) is 44.1 Å². The molecule has 0 aliphatic heterocycles. The van der Waals surface area contributed by atoms with Gasteiger partial charge in [-0.05, 0) is 36.8 Å². The number of rotatable bonds is 9. The van der Waals surface area contributed by atoms with Crippen molar-refractivity contribution in [1.82, 2.24) is 5.32 Å². The first-order chi connectivity index (χ1) is 10.0. The molecule has 2 N–H and O–H groups in total. The molecule has 21 heavy (non-hydrogen) atoms. The lowest BCUT2D eigenvalue weighted by atomic mass is 9.84. The molecule has 0 aromatic heterocycles. The Balaban J connectivity index is 2.71. The molecule has 0 fully saturated rings. The van der Waals surface area contributed by atoms with Crippen LogP contribution in [0.15, 0.2) is 24.3 Å². The van der Waals surface area contributed by atoms with Gasteiger partial charge in [0.1, 0.15) is 0 Å². The van der Waals surface area contributed by atoms with E-state index >= 15 is 0 Å². The summed E-state index contributed by atoms with van der Waals surface area (Å²) in [6, 6.07) is 8.27. The highest BCUT2D eigenvalue weighted by Gasteiger charge is 2.27. The molecule has 3 heteroatoms. The summed E-state index contributed by atoms with van der Waals surface area (Å²) in [5, 5.41) is 13.7. The summed E-state index contributed by atoms with van der Waals surface area (Å²) in [6.45, 7) is 6.46. The van der Waals surface area contributed by atoms with E-state index < -0.39 is 5.60 Å². The van der Waals surface area contributed by atoms with E-state index in [9.17, 15) is 9.90 Å². The largest absolute Gasteiger partial charge is 0.385 e. The Morgan fingerprint density at radius 1 is 1.24 bits per heavy atom. The SMILES string of the molecule is CCCC(O)(CCC)c1cccc(CCCNC(C)=O)c1. The molecule has 0 saturated heterocycles. The summed E-state index contributed by atoms with van der Waals surface area (Å²) in [5.41, 5.74) is 1.56. The molecule has 3 nitrogen and oxygen atoms in total. The highest BCUT2D eigenvalue weighted by atomic mass is 16.3. The molecule has 0 bridgehead atoms. The van der Waals surface area contributed by atoms with Crippen molar-refractivity contribution in [2.45, 2.75) is 64.9 Å². The molecule has 1 amide bonds. The molecule has 0 aliphatic rings. The topological polar surface area (TPSA) is 49.3 Å². The quantitative estimate of drug-likeness (QED) is 0.684. The molecule has 0 spiro atoms. The van der Waals surface area contributed by atoms with Crippen molar-refractivity contribution >= 4 is 5.91 Å². The molecule has 1 rings (SSSR count). The van der Waals surface area contributed by atoms with Gasteiger partial charge in [-0.1, -0.05) is 51.0 Å². The van der Waals surface area contributed by atoms with Crippen molar-refractivity contribution in [3.63, 3.8) is 0 Å². The minimum Gasteiger partial charge on any atom is -0.385 e. The predicted octanol–water partition coefficient (Wildman–Crippen LogP) is 3.54. The van der Waals surface area contributed by atoms with Gasteiger partial charge in [-0.25, -0.2) is 0 Å². The second kappa shape index (κ2) is 8.83. The van der Waals surface area contributed by atoms with E-state index in [1.165, 1.54) is 12.5 Å². The van der Waals surface area contributed by atoms with Crippen molar-refractivity contribution in [1.29, 1.82) is 0 Å². The number of amides is 1. The fourth-order valence-electron chi connectivity index (χ4n) is 2.81. The minimum atomic E-state index is -0.697. The molecule has 1 aromatic rings. The Kier molecular flexibility index (Phi) is 7.44. The predicted molar refractivity (Wildman–Crippen MR) is 87.2 cm³/mol. The van der Waals surface area contributed by atoms with Gasteiger partial charge >= 0.3 is 0 Å². The molecule has 1 aromatic carbocycles. The summed E-state index contributed by atoms with van der Waals surface area (Å²) in [6.07, 6.45) is 5.39. The molecule has 118 valence electrons. The third-order valence-corrected chi connectivity index (χ3v) is 3.81. The van der Waals surface area contributed by atoms with Gasteiger partial charge in [-0.15, -0.1) is 0 Å². The van der Waals surface area contributed by atoms with Crippen molar-refractivity contribution in [2.24, 2.45) is 0 Å². The fourth-order valence-corrected chi connectivity index (χ4v) is 2.81. The van der Waals surface area contributed by atoms with Gasteiger partial charge in [0, 0.05) is 13.5 Å². The van der Waals surface area contributed by atoms with E-state index in [2.05, 4.69) is 31.3 Å². The fraction of sp³-hybridized carbons (Fsp3) is 0.611. The van der Waals surface area contributed by atoms with Crippen molar-refractivity contribution in [3.05, 3.63) is 35.4 Å². The first kappa shape index (κ1) is 17.7. The first-order valence-corrected chi connectivity index (χ1v) is 8.08. The Morgan fingerprint density at radius 3 is 2.48 bits per heavy atom. The average Bonchev–Trinajstić information content (AvgIpc) is 2.44. The Morgan fingerprint density at radius 2 is 1.90 bits per heavy atom. The maximum Gasteiger partial charge on any atom is 0.216 e. The zero-order chi connectivity index (χ0) is 15.7. The Hall–Kier alpha value is -1.35. The maximum absolute atomic E-state index is 10.9. The van der Waals surface area contributed by atoms with Crippen molar-refractivity contribution in [2.75, 3.05) is 6.54 Å². The van der Waals surface area contributed by atoms with Gasteiger partial charge in [0.25, 0.3) is 0 Å². The number of hydrogen-bond acceptors (Lipinski definition) is 2. The van der Waals surface area contributed by atoms with Gasteiger partial charge in [0.15, 0.2) is 0 Å². The highest BCUT2D eigenvalue weighted by Crippen LogP contribution is 2.32. The molecule has 0 aliphatic carbocycles. The van der Waals surface area contributed by atoms with Crippen LogP contribution in [0.2, 0.25) is 0 Å². The Bertz CT molecular complexity index is 437. The number of nitrogens with one attached hydrogen (secondary N) is 1. The van der Waals surface area contributed by atoms with E-state index in [1.54, 1.807) is 0 Å². The average molecular weight is 291 g/mol. The molecule has 0 heterocycles. The number of carbonyl (C=O) groups is 1. The zero-order valence-electron chi connectivity index (χ0n) is 13.6. The van der Waals surface area contributed by atoms with Gasteiger partial charge in [-0.2, -0.15) is 0 Å². The number of aliphatic hydroxyl groups is 1. The minimum absolute atomic E-state index is 0.0176. The van der Waals surface area contributed by atoms with Crippen LogP contribution in [0.5, 0.6) is 0 Å². The second-order valence-electron chi connectivity index (χ2n) is 5.82. The summed E-state index contributed by atoms with van der Waals surface area (Å²) in [7, 11) is 0.